The lowest BCUT2D eigenvalue weighted by atomic mass is 9.97. The molecule has 1 fully saturated rings. The minimum atomic E-state index is 0.00524. The maximum absolute atomic E-state index is 12.2. The molecule has 0 radical (unpaired) electrons. The minimum Gasteiger partial charge on any atom is -0.356 e. The van der Waals surface area contributed by atoms with Crippen molar-refractivity contribution in [2.75, 3.05) is 18.0 Å². The second kappa shape index (κ2) is 8.84. The van der Waals surface area contributed by atoms with Crippen molar-refractivity contribution in [1.82, 2.24) is 20.2 Å². The summed E-state index contributed by atoms with van der Waals surface area (Å²) in [6.07, 6.45) is 8.79. The SMILES string of the molecule is C/C(=C\c1ccc(-c2nccc(N3CCC(c4cn[nH]c4)C3)n2)cc1C)C(=O)C(C)C. The summed E-state index contributed by atoms with van der Waals surface area (Å²) in [7, 11) is 0. The van der Waals surface area contributed by atoms with Crippen molar-refractivity contribution in [2.45, 2.75) is 40.0 Å². The van der Waals surface area contributed by atoms with Crippen LogP contribution in [0, 0.1) is 12.8 Å². The summed E-state index contributed by atoms with van der Waals surface area (Å²) < 4.78 is 0. The molecule has 3 heterocycles. The zero-order valence-electron chi connectivity index (χ0n) is 18.6. The van der Waals surface area contributed by atoms with Gasteiger partial charge in [-0.1, -0.05) is 26.0 Å². The molecule has 2 aromatic heterocycles. The van der Waals surface area contributed by atoms with Crippen LogP contribution in [-0.4, -0.2) is 39.0 Å². The quantitative estimate of drug-likeness (QED) is 0.586. The van der Waals surface area contributed by atoms with E-state index in [0.717, 1.165) is 53.4 Å². The number of anilines is 1. The van der Waals surface area contributed by atoms with Gasteiger partial charge in [0, 0.05) is 42.9 Å². The number of carbonyl (C=O) groups excluding carboxylic acids is 1. The molecule has 1 atom stereocenters. The Labute approximate surface area is 183 Å². The molecule has 4 rings (SSSR count). The van der Waals surface area contributed by atoms with Crippen LogP contribution in [0.15, 0.2) is 48.4 Å². The lowest BCUT2D eigenvalue weighted by molar-refractivity contribution is -0.118. The van der Waals surface area contributed by atoms with Gasteiger partial charge < -0.3 is 4.90 Å². The van der Waals surface area contributed by atoms with Gasteiger partial charge in [-0.2, -0.15) is 5.10 Å². The van der Waals surface area contributed by atoms with Gasteiger partial charge in [0.15, 0.2) is 11.6 Å². The number of carbonyl (C=O) groups is 1. The Kier molecular flexibility index (Phi) is 5.98. The van der Waals surface area contributed by atoms with E-state index >= 15 is 0 Å². The van der Waals surface area contributed by atoms with Crippen molar-refractivity contribution in [3.05, 3.63) is 65.1 Å². The van der Waals surface area contributed by atoms with Crippen LogP contribution >= 0.6 is 0 Å². The van der Waals surface area contributed by atoms with Crippen LogP contribution in [0.5, 0.6) is 0 Å². The van der Waals surface area contributed by atoms with E-state index in [1.807, 2.05) is 63.6 Å². The number of aromatic nitrogens is 4. The lowest BCUT2D eigenvalue weighted by Gasteiger charge is -2.18. The summed E-state index contributed by atoms with van der Waals surface area (Å²) in [5.74, 6) is 2.33. The standard InChI is InChI=1S/C25H29N5O/c1-16(2)24(31)18(4)12-19-5-6-20(11-17(19)3)25-26-9-7-23(29-25)30-10-8-21(15-30)22-13-27-28-14-22/h5-7,9,11-14,16,21H,8,10,15H2,1-4H3,(H,27,28)/b18-12+. The number of nitrogens with zero attached hydrogens (tertiary/aromatic N) is 4. The zero-order valence-corrected chi connectivity index (χ0v) is 18.6. The highest BCUT2D eigenvalue weighted by molar-refractivity contribution is 6.00. The first kappa shape index (κ1) is 21.0. The third-order valence-corrected chi connectivity index (χ3v) is 5.96. The Morgan fingerprint density at radius 2 is 2.13 bits per heavy atom. The van der Waals surface area contributed by atoms with E-state index in [-0.39, 0.29) is 11.7 Å². The fraction of sp³-hybridized carbons (Fsp3) is 0.360. The maximum atomic E-state index is 12.2. The van der Waals surface area contributed by atoms with Gasteiger partial charge in [-0.05, 0) is 60.7 Å². The highest BCUT2D eigenvalue weighted by Crippen LogP contribution is 2.30. The Hall–Kier alpha value is -3.28. The van der Waals surface area contributed by atoms with Crippen LogP contribution < -0.4 is 4.90 Å². The Morgan fingerprint density at radius 3 is 2.84 bits per heavy atom. The van der Waals surface area contributed by atoms with Gasteiger partial charge in [0.25, 0.3) is 0 Å². The number of ketones is 1. The predicted molar refractivity (Wildman–Crippen MR) is 124 cm³/mol. The summed E-state index contributed by atoms with van der Waals surface area (Å²) >= 11 is 0. The molecule has 0 aliphatic carbocycles. The third-order valence-electron chi connectivity index (χ3n) is 5.96. The number of hydrogen-bond donors (Lipinski definition) is 1. The Bertz CT molecular complexity index is 1100. The molecule has 0 bridgehead atoms. The lowest BCUT2D eigenvalue weighted by Crippen LogP contribution is -2.20. The third kappa shape index (κ3) is 4.58. The number of nitrogens with one attached hydrogen (secondary N) is 1. The topological polar surface area (TPSA) is 74.8 Å². The molecular weight excluding hydrogens is 386 g/mol. The van der Waals surface area contributed by atoms with Crippen LogP contribution in [-0.2, 0) is 4.79 Å². The van der Waals surface area contributed by atoms with Gasteiger partial charge in [-0.15, -0.1) is 0 Å². The molecule has 3 aromatic rings. The zero-order chi connectivity index (χ0) is 22.0. The molecule has 1 aromatic carbocycles. The highest BCUT2D eigenvalue weighted by atomic mass is 16.1. The fourth-order valence-corrected chi connectivity index (χ4v) is 4.13. The van der Waals surface area contributed by atoms with Crippen LogP contribution in [0.1, 0.15) is 49.8 Å². The van der Waals surface area contributed by atoms with Crippen molar-refractivity contribution in [2.24, 2.45) is 5.92 Å². The summed E-state index contributed by atoms with van der Waals surface area (Å²) in [6.45, 7) is 9.70. The number of benzene rings is 1. The molecule has 1 saturated heterocycles. The normalized spacial score (nSPS) is 16.9. The molecule has 6 nitrogen and oxygen atoms in total. The van der Waals surface area contributed by atoms with E-state index in [1.165, 1.54) is 5.56 Å². The van der Waals surface area contributed by atoms with Crippen molar-refractivity contribution < 1.29 is 4.79 Å². The molecule has 1 unspecified atom stereocenters. The highest BCUT2D eigenvalue weighted by Gasteiger charge is 2.25. The summed E-state index contributed by atoms with van der Waals surface area (Å²) in [6, 6.07) is 8.15. The van der Waals surface area contributed by atoms with Gasteiger partial charge in [-0.25, -0.2) is 9.97 Å². The number of Topliss-reactive ketones (excluding diaryl/α,β-unsaturated/α-hetero) is 1. The average Bonchev–Trinajstić information content (AvgIpc) is 3.46. The smallest absolute Gasteiger partial charge is 0.161 e. The number of aryl methyl sites for hydroxylation is 1. The van der Waals surface area contributed by atoms with E-state index in [4.69, 9.17) is 4.98 Å². The number of allylic oxidation sites excluding steroid dienone is 1. The largest absolute Gasteiger partial charge is 0.356 e. The fourth-order valence-electron chi connectivity index (χ4n) is 4.13. The van der Waals surface area contributed by atoms with Crippen molar-refractivity contribution in [1.29, 1.82) is 0 Å². The molecule has 0 saturated carbocycles. The summed E-state index contributed by atoms with van der Waals surface area (Å²) in [4.78, 5) is 23.9. The van der Waals surface area contributed by atoms with Crippen LogP contribution in [0.3, 0.4) is 0 Å². The van der Waals surface area contributed by atoms with Gasteiger partial charge >= 0.3 is 0 Å². The van der Waals surface area contributed by atoms with Crippen molar-refractivity contribution in [3.63, 3.8) is 0 Å². The number of rotatable bonds is 6. The molecule has 1 aliphatic rings. The molecule has 160 valence electrons. The second-order valence-electron chi connectivity index (χ2n) is 8.62. The van der Waals surface area contributed by atoms with E-state index in [0.29, 0.717) is 5.92 Å². The Balaban J connectivity index is 1.54. The predicted octanol–water partition coefficient (Wildman–Crippen LogP) is 4.80. The van der Waals surface area contributed by atoms with E-state index < -0.39 is 0 Å². The van der Waals surface area contributed by atoms with Crippen LogP contribution in [0.2, 0.25) is 0 Å². The van der Waals surface area contributed by atoms with Gasteiger partial charge in [0.05, 0.1) is 6.20 Å². The van der Waals surface area contributed by atoms with Gasteiger partial charge in [0.2, 0.25) is 0 Å². The first-order valence-corrected chi connectivity index (χ1v) is 10.8. The molecule has 1 aliphatic heterocycles. The first-order chi connectivity index (χ1) is 14.9. The first-order valence-electron chi connectivity index (χ1n) is 10.8. The Morgan fingerprint density at radius 1 is 1.29 bits per heavy atom. The molecule has 0 spiro atoms. The second-order valence-corrected chi connectivity index (χ2v) is 8.62. The number of hydrogen-bond acceptors (Lipinski definition) is 5. The molecule has 31 heavy (non-hydrogen) atoms. The van der Waals surface area contributed by atoms with E-state index in [2.05, 4.69) is 33.1 Å². The van der Waals surface area contributed by atoms with Crippen LogP contribution in [0.25, 0.3) is 17.5 Å². The van der Waals surface area contributed by atoms with Gasteiger partial charge in [0.1, 0.15) is 5.82 Å². The van der Waals surface area contributed by atoms with Crippen LogP contribution in [0.4, 0.5) is 5.82 Å². The summed E-state index contributed by atoms with van der Waals surface area (Å²) in [5.41, 5.74) is 5.17. The molecule has 0 amide bonds. The van der Waals surface area contributed by atoms with E-state index in [9.17, 15) is 4.79 Å². The maximum Gasteiger partial charge on any atom is 0.161 e. The molecule has 1 N–H and O–H groups in total. The molecular formula is C25H29N5O. The minimum absolute atomic E-state index is 0.00524. The van der Waals surface area contributed by atoms with Gasteiger partial charge in [-0.3, -0.25) is 9.89 Å². The van der Waals surface area contributed by atoms with E-state index in [1.54, 1.807) is 0 Å². The number of H-pyrrole nitrogens is 1. The summed E-state index contributed by atoms with van der Waals surface area (Å²) in [5, 5.41) is 6.99. The van der Waals surface area contributed by atoms with Crippen molar-refractivity contribution >= 4 is 17.7 Å². The average molecular weight is 416 g/mol. The van der Waals surface area contributed by atoms with Crippen molar-refractivity contribution in [3.8, 4) is 11.4 Å². The molecule has 6 heteroatoms. The monoisotopic (exact) mass is 415 g/mol. The number of aromatic amines is 1.